The Hall–Kier alpha value is -2.60. The van der Waals surface area contributed by atoms with Gasteiger partial charge < -0.3 is 21.1 Å². The summed E-state index contributed by atoms with van der Waals surface area (Å²) < 4.78 is 0. The maximum Gasteiger partial charge on any atom is 0.255 e. The summed E-state index contributed by atoms with van der Waals surface area (Å²) >= 11 is 0. The van der Waals surface area contributed by atoms with Crippen molar-refractivity contribution in [2.45, 2.75) is 6.92 Å². The number of aromatic hydroxyl groups is 1. The van der Waals surface area contributed by atoms with E-state index < -0.39 is 0 Å². The fraction of sp³-hybridized carbons (Fsp3) is 0.294. The Balaban J connectivity index is 1.87. The van der Waals surface area contributed by atoms with E-state index >= 15 is 0 Å². The number of rotatable bonds is 7. The van der Waals surface area contributed by atoms with Crippen LogP contribution in [0.4, 0.5) is 0 Å². The van der Waals surface area contributed by atoms with Crippen LogP contribution in [-0.2, 0) is 4.79 Å². The number of hydrogen-bond donors (Lipinski definition) is 4. The molecule has 23 heavy (non-hydrogen) atoms. The predicted octanol–water partition coefficient (Wildman–Crippen LogP) is 1.00. The van der Waals surface area contributed by atoms with Crippen LogP contribution in [0.3, 0.4) is 0 Å². The summed E-state index contributed by atoms with van der Waals surface area (Å²) in [5, 5.41) is 20.2. The second-order valence-corrected chi connectivity index (χ2v) is 5.17. The zero-order chi connectivity index (χ0) is 16.7. The van der Waals surface area contributed by atoms with E-state index in [4.69, 9.17) is 0 Å². The first-order valence-corrected chi connectivity index (χ1v) is 7.53. The highest BCUT2D eigenvalue weighted by molar-refractivity contribution is 6.09. The van der Waals surface area contributed by atoms with E-state index in [-0.39, 0.29) is 17.6 Å². The molecule has 0 aliphatic heterocycles. The molecule has 6 heteroatoms. The van der Waals surface area contributed by atoms with Crippen molar-refractivity contribution >= 4 is 22.6 Å². The third-order valence-corrected chi connectivity index (χ3v) is 3.40. The Morgan fingerprint density at radius 2 is 1.65 bits per heavy atom. The molecule has 0 saturated carbocycles. The molecule has 0 heterocycles. The van der Waals surface area contributed by atoms with Gasteiger partial charge in [0.15, 0.2) is 0 Å². The van der Waals surface area contributed by atoms with Crippen LogP contribution in [0.1, 0.15) is 17.3 Å². The lowest BCUT2D eigenvalue weighted by Gasteiger charge is -2.10. The Morgan fingerprint density at radius 3 is 2.39 bits per heavy atom. The molecule has 2 rings (SSSR count). The van der Waals surface area contributed by atoms with Crippen LogP contribution in [0.5, 0.6) is 5.75 Å². The standard InChI is InChI=1S/C17H21N3O3/c1-12(21)19-10-8-18-9-11-20-17(23)16-14-5-3-2-4-13(14)6-7-15(16)22/h2-7,18,22H,8-11H2,1H3,(H,19,21)(H,20,23). The van der Waals surface area contributed by atoms with E-state index in [2.05, 4.69) is 16.0 Å². The van der Waals surface area contributed by atoms with E-state index in [1.54, 1.807) is 6.07 Å². The lowest BCUT2D eigenvalue weighted by Crippen LogP contribution is -2.35. The third-order valence-electron chi connectivity index (χ3n) is 3.40. The fourth-order valence-corrected chi connectivity index (χ4v) is 2.30. The normalized spacial score (nSPS) is 10.5. The topological polar surface area (TPSA) is 90.5 Å². The zero-order valence-electron chi connectivity index (χ0n) is 13.1. The summed E-state index contributed by atoms with van der Waals surface area (Å²) in [5.41, 5.74) is 0.293. The molecule has 2 aromatic carbocycles. The van der Waals surface area contributed by atoms with Crippen molar-refractivity contribution in [3.63, 3.8) is 0 Å². The minimum atomic E-state index is -0.303. The molecular weight excluding hydrogens is 294 g/mol. The summed E-state index contributed by atoms with van der Waals surface area (Å²) in [6, 6.07) is 10.8. The van der Waals surface area contributed by atoms with Gasteiger partial charge in [0, 0.05) is 33.1 Å². The summed E-state index contributed by atoms with van der Waals surface area (Å²) in [7, 11) is 0. The molecule has 0 unspecified atom stereocenters. The van der Waals surface area contributed by atoms with Crippen LogP contribution in [0.15, 0.2) is 36.4 Å². The van der Waals surface area contributed by atoms with Gasteiger partial charge in [0.05, 0.1) is 5.56 Å². The first-order valence-electron chi connectivity index (χ1n) is 7.53. The number of carbonyl (C=O) groups excluding carboxylic acids is 2. The number of fused-ring (bicyclic) bond motifs is 1. The van der Waals surface area contributed by atoms with Gasteiger partial charge in [-0.25, -0.2) is 0 Å². The first-order chi connectivity index (χ1) is 11.1. The SMILES string of the molecule is CC(=O)NCCNCCNC(=O)c1c(O)ccc2ccccc12. The highest BCUT2D eigenvalue weighted by Gasteiger charge is 2.14. The highest BCUT2D eigenvalue weighted by atomic mass is 16.3. The van der Waals surface area contributed by atoms with Crippen LogP contribution in [0.25, 0.3) is 10.8 Å². The highest BCUT2D eigenvalue weighted by Crippen LogP contribution is 2.26. The number of phenolic OH excluding ortho intramolecular Hbond substituents is 1. The summed E-state index contributed by atoms with van der Waals surface area (Å²) in [6.45, 7) is 3.66. The second-order valence-electron chi connectivity index (χ2n) is 5.17. The largest absolute Gasteiger partial charge is 0.507 e. The number of benzene rings is 2. The van der Waals surface area contributed by atoms with Crippen LogP contribution in [0.2, 0.25) is 0 Å². The van der Waals surface area contributed by atoms with Gasteiger partial charge in [-0.05, 0) is 16.8 Å². The molecule has 0 aromatic heterocycles. The van der Waals surface area contributed by atoms with Crippen LogP contribution in [-0.4, -0.2) is 43.1 Å². The molecular formula is C17H21N3O3. The number of nitrogens with one attached hydrogen (secondary N) is 3. The zero-order valence-corrected chi connectivity index (χ0v) is 13.1. The van der Waals surface area contributed by atoms with E-state index in [1.165, 1.54) is 13.0 Å². The lowest BCUT2D eigenvalue weighted by atomic mass is 10.0. The van der Waals surface area contributed by atoms with Crippen molar-refractivity contribution in [1.82, 2.24) is 16.0 Å². The Kier molecular flexibility index (Phi) is 5.94. The molecule has 122 valence electrons. The molecule has 0 saturated heterocycles. The molecule has 0 atom stereocenters. The van der Waals surface area contributed by atoms with Crippen LogP contribution in [0, 0.1) is 0 Å². The van der Waals surface area contributed by atoms with Gasteiger partial charge in [-0.3, -0.25) is 9.59 Å². The van der Waals surface area contributed by atoms with E-state index in [0.29, 0.717) is 31.7 Å². The number of carbonyl (C=O) groups is 2. The smallest absolute Gasteiger partial charge is 0.255 e. The van der Waals surface area contributed by atoms with Gasteiger partial charge in [-0.1, -0.05) is 30.3 Å². The monoisotopic (exact) mass is 315 g/mol. The van der Waals surface area contributed by atoms with Gasteiger partial charge in [-0.15, -0.1) is 0 Å². The summed E-state index contributed by atoms with van der Waals surface area (Å²) in [5.74, 6) is -0.394. The van der Waals surface area contributed by atoms with Crippen molar-refractivity contribution in [1.29, 1.82) is 0 Å². The molecule has 4 N–H and O–H groups in total. The Labute approximate surface area is 134 Å². The number of phenols is 1. The second kappa shape index (κ2) is 8.14. The van der Waals surface area contributed by atoms with Crippen molar-refractivity contribution in [3.05, 3.63) is 42.0 Å². The van der Waals surface area contributed by atoms with Crippen LogP contribution >= 0.6 is 0 Å². The number of amides is 2. The Morgan fingerprint density at radius 1 is 0.957 bits per heavy atom. The van der Waals surface area contributed by atoms with E-state index in [9.17, 15) is 14.7 Å². The van der Waals surface area contributed by atoms with Gasteiger partial charge in [0.1, 0.15) is 5.75 Å². The Bertz CT molecular complexity index is 701. The minimum Gasteiger partial charge on any atom is -0.507 e. The predicted molar refractivity (Wildman–Crippen MR) is 89.5 cm³/mol. The fourth-order valence-electron chi connectivity index (χ4n) is 2.30. The van der Waals surface area contributed by atoms with Crippen molar-refractivity contribution in [3.8, 4) is 5.75 Å². The minimum absolute atomic E-state index is 0.0279. The van der Waals surface area contributed by atoms with Crippen molar-refractivity contribution < 1.29 is 14.7 Å². The molecule has 0 aliphatic carbocycles. The molecule has 6 nitrogen and oxygen atoms in total. The molecule has 0 spiro atoms. The number of hydrogen-bond acceptors (Lipinski definition) is 4. The maximum absolute atomic E-state index is 12.3. The van der Waals surface area contributed by atoms with Gasteiger partial charge in [0.2, 0.25) is 5.91 Å². The van der Waals surface area contributed by atoms with Gasteiger partial charge in [0.25, 0.3) is 5.91 Å². The molecule has 0 bridgehead atoms. The molecule has 2 aromatic rings. The van der Waals surface area contributed by atoms with E-state index in [0.717, 1.165) is 10.8 Å². The van der Waals surface area contributed by atoms with Crippen molar-refractivity contribution in [2.24, 2.45) is 0 Å². The van der Waals surface area contributed by atoms with Crippen LogP contribution < -0.4 is 16.0 Å². The average Bonchev–Trinajstić information content (AvgIpc) is 2.53. The summed E-state index contributed by atoms with van der Waals surface area (Å²) in [4.78, 5) is 23.0. The lowest BCUT2D eigenvalue weighted by molar-refractivity contribution is -0.118. The molecule has 0 fully saturated rings. The van der Waals surface area contributed by atoms with Gasteiger partial charge in [-0.2, -0.15) is 0 Å². The summed E-state index contributed by atoms with van der Waals surface area (Å²) in [6.07, 6.45) is 0. The molecule has 2 amide bonds. The molecule has 0 radical (unpaired) electrons. The maximum atomic E-state index is 12.3. The third kappa shape index (κ3) is 4.69. The average molecular weight is 315 g/mol. The van der Waals surface area contributed by atoms with Crippen molar-refractivity contribution in [2.75, 3.05) is 26.2 Å². The first kappa shape index (κ1) is 16.8. The molecule has 0 aliphatic rings. The van der Waals surface area contributed by atoms with Gasteiger partial charge >= 0.3 is 0 Å². The van der Waals surface area contributed by atoms with E-state index in [1.807, 2.05) is 24.3 Å². The quantitative estimate of drug-likeness (QED) is 0.574.